The molecule has 0 bridgehead atoms. The second-order valence-electron chi connectivity index (χ2n) is 7.22. The van der Waals surface area contributed by atoms with Gasteiger partial charge in [-0.3, -0.25) is 9.59 Å². The summed E-state index contributed by atoms with van der Waals surface area (Å²) in [5, 5.41) is 4.58. The quantitative estimate of drug-likeness (QED) is 0.666. The smallest absolute Gasteiger partial charge is 0.267 e. The maximum Gasteiger partial charge on any atom is 0.267 e. The maximum absolute atomic E-state index is 12.4. The summed E-state index contributed by atoms with van der Waals surface area (Å²) in [5.41, 5.74) is 3.12. The van der Waals surface area contributed by atoms with Gasteiger partial charge in [0.2, 0.25) is 5.91 Å². The lowest BCUT2D eigenvalue weighted by Crippen LogP contribution is -2.33. The second kappa shape index (κ2) is 8.37. The van der Waals surface area contributed by atoms with Crippen LogP contribution in [0.4, 0.5) is 0 Å². The summed E-state index contributed by atoms with van der Waals surface area (Å²) in [6.07, 6.45) is 2.68. The van der Waals surface area contributed by atoms with Gasteiger partial charge in [0.15, 0.2) is 0 Å². The molecule has 1 aromatic heterocycles. The molecule has 6 nitrogen and oxygen atoms in total. The average molecular weight is 401 g/mol. The molecule has 152 valence electrons. The van der Waals surface area contributed by atoms with Crippen molar-refractivity contribution in [2.75, 3.05) is 13.1 Å². The van der Waals surface area contributed by atoms with Crippen LogP contribution in [-0.4, -0.2) is 33.7 Å². The number of aryl methyl sites for hydroxylation is 1. The number of amides is 1. The largest absolute Gasteiger partial charge is 0.457 e. The average Bonchev–Trinajstić information content (AvgIpc) is 2.76. The van der Waals surface area contributed by atoms with Crippen molar-refractivity contribution in [1.29, 1.82) is 0 Å². The fourth-order valence-electron chi connectivity index (χ4n) is 3.55. The van der Waals surface area contributed by atoms with E-state index < -0.39 is 0 Å². The number of hydrogen-bond acceptors (Lipinski definition) is 4. The highest BCUT2D eigenvalue weighted by atomic mass is 16.5. The van der Waals surface area contributed by atoms with Gasteiger partial charge in [0.25, 0.3) is 5.56 Å². The normalized spacial score (nSPS) is 13.7. The number of carbonyl (C=O) groups is 1. The van der Waals surface area contributed by atoms with Gasteiger partial charge in [0.05, 0.1) is 0 Å². The predicted octanol–water partition coefficient (Wildman–Crippen LogP) is 3.88. The standard InChI is InChI=1S/C24H23N3O3/c1-17(28)27-14-12-18(13-15-27)21-16-23(29)26(2)25-24(21)20-10-6-7-11-22(20)30-19-8-4-3-5-9-19/h3-12,16H,13-15H2,1-2H3. The van der Waals surface area contributed by atoms with Gasteiger partial charge in [-0.05, 0) is 36.3 Å². The molecule has 0 unspecified atom stereocenters. The zero-order valence-electron chi connectivity index (χ0n) is 17.0. The number of aromatic nitrogens is 2. The van der Waals surface area contributed by atoms with Crippen LogP contribution in [0.15, 0.2) is 71.5 Å². The Morgan fingerprint density at radius 1 is 1.03 bits per heavy atom. The van der Waals surface area contributed by atoms with Crippen LogP contribution in [0.1, 0.15) is 18.9 Å². The summed E-state index contributed by atoms with van der Waals surface area (Å²) in [7, 11) is 1.64. The molecule has 2 aromatic carbocycles. The van der Waals surface area contributed by atoms with Crippen LogP contribution in [0.2, 0.25) is 0 Å². The van der Waals surface area contributed by atoms with Crippen molar-refractivity contribution in [1.82, 2.24) is 14.7 Å². The van der Waals surface area contributed by atoms with Crippen LogP contribution >= 0.6 is 0 Å². The molecule has 0 N–H and O–H groups in total. The van der Waals surface area contributed by atoms with Crippen LogP contribution in [0.25, 0.3) is 16.8 Å². The summed E-state index contributed by atoms with van der Waals surface area (Å²) in [6.45, 7) is 2.72. The molecule has 4 rings (SSSR count). The summed E-state index contributed by atoms with van der Waals surface area (Å²) in [6, 6.07) is 18.9. The Hall–Kier alpha value is -3.67. The third-order valence-electron chi connectivity index (χ3n) is 5.21. The molecule has 1 aliphatic rings. The number of para-hydroxylation sites is 2. The fourth-order valence-corrected chi connectivity index (χ4v) is 3.55. The third kappa shape index (κ3) is 4.03. The lowest BCUT2D eigenvalue weighted by molar-refractivity contribution is -0.128. The Morgan fingerprint density at radius 2 is 1.77 bits per heavy atom. The Bertz CT molecular complexity index is 1170. The zero-order chi connectivity index (χ0) is 21.1. The lowest BCUT2D eigenvalue weighted by atomic mass is 9.95. The van der Waals surface area contributed by atoms with E-state index in [1.165, 1.54) is 4.68 Å². The minimum Gasteiger partial charge on any atom is -0.457 e. The van der Waals surface area contributed by atoms with Crippen LogP contribution in [0.3, 0.4) is 0 Å². The van der Waals surface area contributed by atoms with Gasteiger partial charge in [-0.15, -0.1) is 0 Å². The fraction of sp³-hybridized carbons (Fsp3) is 0.208. The highest BCUT2D eigenvalue weighted by Crippen LogP contribution is 2.36. The molecule has 2 heterocycles. The summed E-state index contributed by atoms with van der Waals surface area (Å²) < 4.78 is 7.46. The number of hydrogen-bond donors (Lipinski definition) is 0. The van der Waals surface area contributed by atoms with Gasteiger partial charge in [0, 0.05) is 44.3 Å². The van der Waals surface area contributed by atoms with Crippen LogP contribution in [0.5, 0.6) is 11.5 Å². The highest BCUT2D eigenvalue weighted by Gasteiger charge is 2.21. The minimum atomic E-state index is -0.176. The van der Waals surface area contributed by atoms with Crippen molar-refractivity contribution in [3.05, 3.63) is 82.7 Å². The van der Waals surface area contributed by atoms with E-state index in [-0.39, 0.29) is 11.5 Å². The predicted molar refractivity (Wildman–Crippen MR) is 116 cm³/mol. The summed E-state index contributed by atoms with van der Waals surface area (Å²) >= 11 is 0. The summed E-state index contributed by atoms with van der Waals surface area (Å²) in [4.78, 5) is 25.8. The monoisotopic (exact) mass is 401 g/mol. The molecule has 1 aliphatic heterocycles. The van der Waals surface area contributed by atoms with Crippen LogP contribution in [-0.2, 0) is 11.8 Å². The first kappa shape index (κ1) is 19.6. The van der Waals surface area contributed by atoms with Crippen molar-refractivity contribution < 1.29 is 9.53 Å². The molecule has 0 fully saturated rings. The number of ether oxygens (including phenoxy) is 1. The maximum atomic E-state index is 12.4. The van der Waals surface area contributed by atoms with Crippen molar-refractivity contribution in [3.63, 3.8) is 0 Å². The highest BCUT2D eigenvalue weighted by molar-refractivity contribution is 5.83. The van der Waals surface area contributed by atoms with E-state index in [4.69, 9.17) is 4.74 Å². The number of benzene rings is 2. The van der Waals surface area contributed by atoms with E-state index in [1.54, 1.807) is 24.9 Å². The molecule has 0 aliphatic carbocycles. The van der Waals surface area contributed by atoms with Crippen molar-refractivity contribution in [2.45, 2.75) is 13.3 Å². The number of carbonyl (C=O) groups excluding carboxylic acids is 1. The zero-order valence-corrected chi connectivity index (χ0v) is 17.0. The third-order valence-corrected chi connectivity index (χ3v) is 5.21. The first-order valence-electron chi connectivity index (χ1n) is 9.88. The van der Waals surface area contributed by atoms with Crippen molar-refractivity contribution >= 4 is 11.5 Å². The Kier molecular flexibility index (Phi) is 5.48. The van der Waals surface area contributed by atoms with Gasteiger partial charge >= 0.3 is 0 Å². The van der Waals surface area contributed by atoms with Gasteiger partial charge in [-0.25, -0.2) is 4.68 Å². The number of rotatable bonds is 4. The van der Waals surface area contributed by atoms with E-state index in [1.807, 2.05) is 60.7 Å². The first-order chi connectivity index (χ1) is 14.5. The van der Waals surface area contributed by atoms with Gasteiger partial charge in [0.1, 0.15) is 17.2 Å². The van der Waals surface area contributed by atoms with Crippen LogP contribution < -0.4 is 10.3 Å². The topological polar surface area (TPSA) is 64.4 Å². The molecule has 0 spiro atoms. The molecule has 1 amide bonds. The van der Waals surface area contributed by atoms with Crippen molar-refractivity contribution in [3.8, 4) is 22.8 Å². The molecule has 0 saturated heterocycles. The first-order valence-corrected chi connectivity index (χ1v) is 9.88. The molecular weight excluding hydrogens is 378 g/mol. The molecule has 3 aromatic rings. The van der Waals surface area contributed by atoms with E-state index >= 15 is 0 Å². The molecule has 0 saturated carbocycles. The van der Waals surface area contributed by atoms with Gasteiger partial charge in [-0.1, -0.05) is 36.4 Å². The van der Waals surface area contributed by atoms with E-state index in [0.29, 0.717) is 31.0 Å². The molecule has 30 heavy (non-hydrogen) atoms. The molecular formula is C24H23N3O3. The van der Waals surface area contributed by atoms with Gasteiger partial charge in [-0.2, -0.15) is 5.10 Å². The SMILES string of the molecule is CC(=O)N1CC=C(c2cc(=O)n(C)nc2-c2ccccc2Oc2ccccc2)CC1. The van der Waals surface area contributed by atoms with Crippen LogP contribution in [0, 0.1) is 0 Å². The molecule has 6 heteroatoms. The van der Waals surface area contributed by atoms with Crippen molar-refractivity contribution in [2.24, 2.45) is 7.05 Å². The molecule has 0 atom stereocenters. The Labute approximate surface area is 175 Å². The molecule has 0 radical (unpaired) electrons. The second-order valence-corrected chi connectivity index (χ2v) is 7.22. The van der Waals surface area contributed by atoms with E-state index in [2.05, 4.69) is 5.10 Å². The summed E-state index contributed by atoms with van der Waals surface area (Å²) in [5.74, 6) is 1.44. The Morgan fingerprint density at radius 3 is 2.47 bits per heavy atom. The van der Waals surface area contributed by atoms with Gasteiger partial charge < -0.3 is 9.64 Å². The Balaban J connectivity index is 1.80. The van der Waals surface area contributed by atoms with E-state index in [0.717, 1.165) is 22.4 Å². The van der Waals surface area contributed by atoms with E-state index in [9.17, 15) is 9.59 Å². The number of nitrogens with zero attached hydrogens (tertiary/aromatic N) is 3. The minimum absolute atomic E-state index is 0.0502. The lowest BCUT2D eigenvalue weighted by Gasteiger charge is -2.26.